The first-order valence-corrected chi connectivity index (χ1v) is 15.4. The Labute approximate surface area is 213 Å². The highest BCUT2D eigenvalue weighted by Gasteiger charge is 2.47. The number of hydrogen-bond acceptors (Lipinski definition) is 1. The minimum Gasteiger partial charge on any atom is -0.381 e. The molecule has 196 valence electrons. The molecule has 0 heterocycles. The van der Waals surface area contributed by atoms with Crippen LogP contribution in [0.3, 0.4) is 0 Å². The third kappa shape index (κ3) is 6.41. The zero-order valence-corrected chi connectivity index (χ0v) is 23.8. The van der Waals surface area contributed by atoms with Gasteiger partial charge in [0.25, 0.3) is 0 Å². The Morgan fingerprint density at radius 3 is 2.06 bits per heavy atom. The zero-order chi connectivity index (χ0) is 24.7. The van der Waals surface area contributed by atoms with Crippen LogP contribution in [-0.4, -0.2) is 13.2 Å². The van der Waals surface area contributed by atoms with Gasteiger partial charge >= 0.3 is 0 Å². The molecule has 3 fully saturated rings. The van der Waals surface area contributed by atoms with Gasteiger partial charge in [-0.15, -0.1) is 0 Å². The number of allylic oxidation sites excluding steroid dienone is 3. The molecular weight excluding hydrogens is 412 g/mol. The molecule has 0 aromatic rings. The highest BCUT2D eigenvalue weighted by Crippen LogP contribution is 2.56. The second-order valence-electron chi connectivity index (χ2n) is 12.6. The highest BCUT2D eigenvalue weighted by atomic mass is 16.5. The van der Waals surface area contributed by atoms with Crippen molar-refractivity contribution in [1.82, 2.24) is 0 Å². The summed E-state index contributed by atoms with van der Waals surface area (Å²) in [6.45, 7) is 16.7. The molecule has 0 saturated heterocycles. The zero-order valence-electron chi connectivity index (χ0n) is 23.8. The minimum atomic E-state index is 0.496. The van der Waals surface area contributed by atoms with Crippen molar-refractivity contribution in [1.29, 1.82) is 0 Å². The smallest absolute Gasteiger partial charge is 0.0627 e. The predicted octanol–water partition coefficient (Wildman–Crippen LogP) is 10.2. The Morgan fingerprint density at radius 1 is 0.912 bits per heavy atom. The van der Waals surface area contributed by atoms with Gasteiger partial charge in [0, 0.05) is 7.11 Å². The molecule has 1 heteroatoms. The van der Waals surface area contributed by atoms with Gasteiger partial charge in [-0.1, -0.05) is 97.3 Å². The molecule has 1 nitrogen and oxygen atoms in total. The van der Waals surface area contributed by atoms with Crippen molar-refractivity contribution < 1.29 is 4.74 Å². The molecule has 0 N–H and O–H groups in total. The summed E-state index contributed by atoms with van der Waals surface area (Å²) in [5.74, 6) is 5.65. The van der Waals surface area contributed by atoms with Crippen LogP contribution < -0.4 is 0 Å². The molecule has 0 bridgehead atoms. The SMILES string of the molecule is C=C1CC(C2CC(CCCC)C(OC)C(CCCC)C2)C2CCCCC2/C1=C(\CCC)C(C)C. The van der Waals surface area contributed by atoms with Crippen LogP contribution in [0, 0.1) is 41.4 Å². The van der Waals surface area contributed by atoms with E-state index < -0.39 is 0 Å². The lowest BCUT2D eigenvalue weighted by Gasteiger charge is -2.51. The third-order valence-electron chi connectivity index (χ3n) is 10.0. The molecule has 0 aromatic carbocycles. The van der Waals surface area contributed by atoms with Gasteiger partial charge in [0.15, 0.2) is 0 Å². The van der Waals surface area contributed by atoms with Gasteiger partial charge in [-0.25, -0.2) is 0 Å². The second-order valence-corrected chi connectivity index (χ2v) is 12.6. The van der Waals surface area contributed by atoms with Crippen LogP contribution in [-0.2, 0) is 4.74 Å². The molecule has 3 aliphatic rings. The van der Waals surface area contributed by atoms with Crippen LogP contribution in [0.4, 0.5) is 0 Å². The summed E-state index contributed by atoms with van der Waals surface area (Å²) in [7, 11) is 2.00. The largest absolute Gasteiger partial charge is 0.381 e. The van der Waals surface area contributed by atoms with Gasteiger partial charge in [-0.3, -0.25) is 0 Å². The topological polar surface area (TPSA) is 9.23 Å². The van der Waals surface area contributed by atoms with Gasteiger partial charge < -0.3 is 4.74 Å². The van der Waals surface area contributed by atoms with E-state index in [1.807, 2.05) is 7.11 Å². The number of ether oxygens (including phenoxy) is 1. The van der Waals surface area contributed by atoms with Crippen molar-refractivity contribution in [2.24, 2.45) is 41.4 Å². The molecule has 0 aliphatic heterocycles. The first kappa shape index (κ1) is 28.0. The Bertz CT molecular complexity index is 639. The van der Waals surface area contributed by atoms with Crippen LogP contribution in [0.1, 0.15) is 131 Å². The van der Waals surface area contributed by atoms with E-state index in [1.165, 1.54) is 102 Å². The van der Waals surface area contributed by atoms with E-state index in [-0.39, 0.29) is 0 Å². The first-order chi connectivity index (χ1) is 16.5. The average molecular weight is 471 g/mol. The molecule has 5 unspecified atom stereocenters. The summed E-state index contributed by atoms with van der Waals surface area (Å²) in [5.41, 5.74) is 5.05. The maximum atomic E-state index is 6.25. The summed E-state index contributed by atoms with van der Waals surface area (Å²) in [6, 6.07) is 0. The quantitative estimate of drug-likeness (QED) is 0.292. The van der Waals surface area contributed by atoms with Gasteiger partial charge in [-0.2, -0.15) is 0 Å². The Balaban J connectivity index is 1.90. The summed E-state index contributed by atoms with van der Waals surface area (Å²) < 4.78 is 6.25. The Morgan fingerprint density at radius 2 is 1.53 bits per heavy atom. The van der Waals surface area contributed by atoms with Gasteiger partial charge in [-0.05, 0) is 98.4 Å². The minimum absolute atomic E-state index is 0.496. The molecule has 0 amide bonds. The third-order valence-corrected chi connectivity index (χ3v) is 10.0. The van der Waals surface area contributed by atoms with Crippen molar-refractivity contribution in [3.63, 3.8) is 0 Å². The summed E-state index contributed by atoms with van der Waals surface area (Å²) in [4.78, 5) is 0. The Hall–Kier alpha value is -0.560. The van der Waals surface area contributed by atoms with E-state index in [0.717, 1.165) is 35.5 Å². The molecule has 0 radical (unpaired) electrons. The first-order valence-electron chi connectivity index (χ1n) is 15.4. The molecule has 0 spiro atoms. The van der Waals surface area contributed by atoms with Crippen molar-refractivity contribution in [3.05, 3.63) is 23.3 Å². The fraction of sp³-hybridized carbons (Fsp3) is 0.879. The predicted molar refractivity (Wildman–Crippen MR) is 149 cm³/mol. The molecule has 34 heavy (non-hydrogen) atoms. The summed E-state index contributed by atoms with van der Waals surface area (Å²) in [5, 5.41) is 0. The number of hydrogen-bond donors (Lipinski definition) is 0. The fourth-order valence-corrected chi connectivity index (χ4v) is 8.58. The van der Waals surface area contributed by atoms with Crippen molar-refractivity contribution in [2.45, 2.75) is 137 Å². The van der Waals surface area contributed by atoms with Crippen molar-refractivity contribution >= 4 is 0 Å². The maximum absolute atomic E-state index is 6.25. The lowest BCUT2D eigenvalue weighted by molar-refractivity contribution is -0.0618. The van der Waals surface area contributed by atoms with E-state index in [4.69, 9.17) is 11.3 Å². The number of rotatable bonds is 11. The van der Waals surface area contributed by atoms with E-state index >= 15 is 0 Å². The standard InChI is InChI=1S/C33H58O/c1-8-11-16-25-21-27(22-26(17-12-9-2)33(25)34-7)31-20-24(6)32(28(15-10-3)23(4)5)30-19-14-13-18-29(30)31/h23,25-27,29-31,33H,6,8-22H2,1-5,7H3/b32-28+. The lowest BCUT2D eigenvalue weighted by atomic mass is 9.54. The van der Waals surface area contributed by atoms with Gasteiger partial charge in [0.2, 0.25) is 0 Å². The van der Waals surface area contributed by atoms with E-state index in [0.29, 0.717) is 12.0 Å². The number of unbranched alkanes of at least 4 members (excludes halogenated alkanes) is 2. The highest BCUT2D eigenvalue weighted by molar-refractivity contribution is 5.40. The molecule has 0 aromatic heterocycles. The normalized spacial score (nSPS) is 36.0. The second kappa shape index (κ2) is 13.7. The van der Waals surface area contributed by atoms with Crippen LogP contribution in [0.2, 0.25) is 0 Å². The van der Waals surface area contributed by atoms with E-state index in [1.54, 1.807) is 11.1 Å². The van der Waals surface area contributed by atoms with E-state index in [2.05, 4.69) is 34.6 Å². The number of fused-ring (bicyclic) bond motifs is 1. The average Bonchev–Trinajstić information content (AvgIpc) is 2.84. The van der Waals surface area contributed by atoms with Crippen LogP contribution in [0.15, 0.2) is 23.3 Å². The van der Waals surface area contributed by atoms with Crippen molar-refractivity contribution in [3.8, 4) is 0 Å². The number of methoxy groups -OCH3 is 1. The van der Waals surface area contributed by atoms with Gasteiger partial charge in [0.1, 0.15) is 0 Å². The van der Waals surface area contributed by atoms with Gasteiger partial charge in [0.05, 0.1) is 6.10 Å². The molecular formula is C33H58O. The van der Waals surface area contributed by atoms with Crippen LogP contribution in [0.5, 0.6) is 0 Å². The lowest BCUT2D eigenvalue weighted by Crippen LogP contribution is -2.45. The molecule has 5 atom stereocenters. The van der Waals surface area contributed by atoms with Crippen LogP contribution >= 0.6 is 0 Å². The molecule has 3 saturated carbocycles. The Kier molecular flexibility index (Phi) is 11.3. The monoisotopic (exact) mass is 470 g/mol. The summed E-state index contributed by atoms with van der Waals surface area (Å²) in [6.07, 6.45) is 21.0. The summed E-state index contributed by atoms with van der Waals surface area (Å²) >= 11 is 0. The maximum Gasteiger partial charge on any atom is 0.0627 e. The van der Waals surface area contributed by atoms with E-state index in [9.17, 15) is 0 Å². The van der Waals surface area contributed by atoms with Crippen molar-refractivity contribution in [2.75, 3.05) is 7.11 Å². The molecule has 3 aliphatic carbocycles. The molecule has 3 rings (SSSR count). The van der Waals surface area contributed by atoms with Crippen LogP contribution in [0.25, 0.3) is 0 Å². The fourth-order valence-electron chi connectivity index (χ4n) is 8.58.